The van der Waals surface area contributed by atoms with E-state index >= 15 is 0 Å². The monoisotopic (exact) mass is 238 g/mol. The maximum atomic E-state index is 2.60. The van der Waals surface area contributed by atoms with Crippen molar-refractivity contribution in [3.63, 3.8) is 0 Å². The molecule has 0 radical (unpaired) electrons. The van der Waals surface area contributed by atoms with Crippen LogP contribution in [0.1, 0.15) is 53.9 Å². The molecule has 0 aromatic rings. The van der Waals surface area contributed by atoms with E-state index < -0.39 is 8.07 Å². The molecule has 0 fully saturated rings. The van der Waals surface area contributed by atoms with Gasteiger partial charge < -0.3 is 0 Å². The molecule has 1 rings (SSSR count). The summed E-state index contributed by atoms with van der Waals surface area (Å²) in [5.41, 5.74) is 0. The highest BCUT2D eigenvalue weighted by Crippen LogP contribution is 2.44. The smallest absolute Gasteiger partial charge is 0.0803 e. The van der Waals surface area contributed by atoms with Crippen LogP contribution in [0.25, 0.3) is 0 Å². The molecule has 1 aliphatic carbocycles. The average molecular weight is 238 g/mol. The zero-order valence-electron chi connectivity index (χ0n) is 12.4. The quantitative estimate of drug-likeness (QED) is 0.564. The van der Waals surface area contributed by atoms with E-state index in [9.17, 15) is 0 Å². The van der Waals surface area contributed by atoms with Gasteiger partial charge in [-0.2, -0.15) is 0 Å². The third kappa shape index (κ3) is 2.79. The topological polar surface area (TPSA) is 0 Å². The minimum atomic E-state index is -1.21. The second-order valence-electron chi connectivity index (χ2n) is 7.38. The summed E-state index contributed by atoms with van der Waals surface area (Å²) in [6.45, 7) is 17.1. The lowest BCUT2D eigenvalue weighted by Crippen LogP contribution is -2.40. The molecule has 1 atom stereocenters. The van der Waals surface area contributed by atoms with Crippen molar-refractivity contribution in [1.29, 1.82) is 0 Å². The summed E-state index contributed by atoms with van der Waals surface area (Å²) in [4.78, 5) is 0. The lowest BCUT2D eigenvalue weighted by molar-refractivity contribution is 0.353. The highest BCUT2D eigenvalue weighted by molar-refractivity contribution is 6.86. The average Bonchev–Trinajstić information content (AvgIpc) is 2.16. The van der Waals surface area contributed by atoms with Crippen molar-refractivity contribution in [2.24, 2.45) is 11.8 Å². The van der Waals surface area contributed by atoms with Crippen molar-refractivity contribution in [3.8, 4) is 0 Å². The molecular formula is C15H30Si. The zero-order valence-corrected chi connectivity index (χ0v) is 13.4. The van der Waals surface area contributed by atoms with Gasteiger partial charge in [-0.3, -0.25) is 0 Å². The van der Waals surface area contributed by atoms with E-state index in [0.717, 1.165) is 11.8 Å². The molecule has 0 amide bonds. The van der Waals surface area contributed by atoms with Crippen molar-refractivity contribution in [1.82, 2.24) is 0 Å². The SMILES string of the molecule is CC(C)[C@@H]1CC=C([Si](C)(C)C(C)(C)C)CC1. The Morgan fingerprint density at radius 2 is 1.81 bits per heavy atom. The fourth-order valence-electron chi connectivity index (χ4n) is 2.51. The molecule has 0 saturated carbocycles. The number of hydrogen-bond donors (Lipinski definition) is 0. The van der Waals surface area contributed by atoms with Gasteiger partial charge in [-0.05, 0) is 36.1 Å². The van der Waals surface area contributed by atoms with Gasteiger partial charge in [0.2, 0.25) is 0 Å². The molecule has 0 spiro atoms. The molecular weight excluding hydrogens is 208 g/mol. The third-order valence-electron chi connectivity index (χ3n) is 5.07. The molecule has 94 valence electrons. The van der Waals surface area contributed by atoms with Gasteiger partial charge in [0.25, 0.3) is 0 Å². The first-order valence-corrected chi connectivity index (χ1v) is 9.86. The second kappa shape index (κ2) is 4.68. The Hall–Kier alpha value is -0.0431. The molecule has 0 bridgehead atoms. The Morgan fingerprint density at radius 3 is 2.12 bits per heavy atom. The largest absolute Gasteiger partial charge is 0.0889 e. The van der Waals surface area contributed by atoms with Crippen molar-refractivity contribution in [2.45, 2.75) is 72.0 Å². The second-order valence-corrected chi connectivity index (χ2v) is 12.8. The molecule has 0 N–H and O–H groups in total. The summed E-state index contributed by atoms with van der Waals surface area (Å²) in [5, 5.41) is 2.33. The van der Waals surface area contributed by atoms with Crippen LogP contribution in [-0.2, 0) is 0 Å². The van der Waals surface area contributed by atoms with Crippen molar-refractivity contribution in [2.75, 3.05) is 0 Å². The fourth-order valence-corrected chi connectivity index (χ4v) is 4.87. The standard InChI is InChI=1S/C15H30Si/c1-12(2)13-8-10-14(11-9-13)16(6,7)15(3,4)5/h10,12-13H,8-9,11H2,1-7H3/t13-/m1/s1. The maximum absolute atomic E-state index is 2.60. The van der Waals surface area contributed by atoms with Gasteiger partial charge in [0, 0.05) is 0 Å². The Bertz CT molecular complexity index is 266. The molecule has 0 nitrogen and oxygen atoms in total. The molecule has 0 aromatic carbocycles. The predicted octanol–water partition coefficient (Wildman–Crippen LogP) is 5.42. The minimum absolute atomic E-state index is 0.503. The summed E-state index contributed by atoms with van der Waals surface area (Å²) in [5.74, 6) is 1.80. The first-order valence-electron chi connectivity index (χ1n) is 6.86. The first kappa shape index (κ1) is 14.0. The summed E-state index contributed by atoms with van der Waals surface area (Å²) >= 11 is 0. The van der Waals surface area contributed by atoms with Gasteiger partial charge in [-0.15, -0.1) is 0 Å². The molecule has 0 heterocycles. The van der Waals surface area contributed by atoms with E-state index in [1.807, 2.05) is 5.20 Å². The molecule has 1 heteroatoms. The molecule has 1 aliphatic rings. The van der Waals surface area contributed by atoms with Crippen LogP contribution in [0.2, 0.25) is 18.1 Å². The van der Waals surface area contributed by atoms with Gasteiger partial charge in [-0.1, -0.05) is 59.0 Å². The Balaban J connectivity index is 2.78. The molecule has 0 unspecified atom stereocenters. The minimum Gasteiger partial charge on any atom is -0.0889 e. The van der Waals surface area contributed by atoms with Gasteiger partial charge in [0.1, 0.15) is 0 Å². The van der Waals surface area contributed by atoms with E-state index in [1.165, 1.54) is 19.3 Å². The van der Waals surface area contributed by atoms with Gasteiger partial charge in [0.15, 0.2) is 0 Å². The van der Waals surface area contributed by atoms with Crippen LogP contribution in [0.3, 0.4) is 0 Å². The number of rotatable bonds is 2. The van der Waals surface area contributed by atoms with Crippen LogP contribution in [-0.4, -0.2) is 8.07 Å². The van der Waals surface area contributed by atoms with Crippen molar-refractivity contribution < 1.29 is 0 Å². The van der Waals surface area contributed by atoms with Crippen LogP contribution in [0.5, 0.6) is 0 Å². The van der Waals surface area contributed by atoms with Crippen LogP contribution in [0, 0.1) is 11.8 Å². The van der Waals surface area contributed by atoms with Crippen molar-refractivity contribution >= 4 is 8.07 Å². The fraction of sp³-hybridized carbons (Fsp3) is 0.867. The van der Waals surface area contributed by atoms with E-state index in [4.69, 9.17) is 0 Å². The van der Waals surface area contributed by atoms with E-state index in [2.05, 4.69) is 53.8 Å². The molecule has 0 aromatic heterocycles. The summed E-state index contributed by atoms with van der Waals surface area (Å²) in [6, 6.07) is 0. The zero-order chi connectivity index (χ0) is 12.6. The van der Waals surface area contributed by atoms with E-state index in [1.54, 1.807) is 0 Å². The summed E-state index contributed by atoms with van der Waals surface area (Å²) in [6.07, 6.45) is 6.74. The Kier molecular flexibility index (Phi) is 4.10. The van der Waals surface area contributed by atoms with Crippen LogP contribution in [0.4, 0.5) is 0 Å². The Morgan fingerprint density at radius 1 is 1.25 bits per heavy atom. The number of hydrogen-bond acceptors (Lipinski definition) is 0. The predicted molar refractivity (Wildman–Crippen MR) is 77.5 cm³/mol. The lowest BCUT2D eigenvalue weighted by atomic mass is 9.85. The van der Waals surface area contributed by atoms with Gasteiger partial charge >= 0.3 is 0 Å². The van der Waals surface area contributed by atoms with E-state index in [0.29, 0.717) is 5.04 Å². The maximum Gasteiger partial charge on any atom is 0.0803 e. The molecule has 16 heavy (non-hydrogen) atoms. The van der Waals surface area contributed by atoms with Crippen LogP contribution < -0.4 is 0 Å². The van der Waals surface area contributed by atoms with Crippen LogP contribution in [0.15, 0.2) is 11.3 Å². The van der Waals surface area contributed by atoms with Crippen LogP contribution >= 0.6 is 0 Å². The highest BCUT2D eigenvalue weighted by Gasteiger charge is 2.39. The molecule has 0 saturated heterocycles. The lowest BCUT2D eigenvalue weighted by Gasteiger charge is -2.41. The van der Waals surface area contributed by atoms with Crippen molar-refractivity contribution in [3.05, 3.63) is 11.3 Å². The van der Waals surface area contributed by atoms with E-state index in [-0.39, 0.29) is 0 Å². The highest BCUT2D eigenvalue weighted by atomic mass is 28.3. The van der Waals surface area contributed by atoms with Gasteiger partial charge in [0.05, 0.1) is 8.07 Å². The Labute approximate surface area is 104 Å². The summed E-state index contributed by atoms with van der Waals surface area (Å²) in [7, 11) is -1.21. The summed E-state index contributed by atoms with van der Waals surface area (Å²) < 4.78 is 0. The number of allylic oxidation sites excluding steroid dienone is 2. The normalized spacial score (nSPS) is 23.5. The van der Waals surface area contributed by atoms with Gasteiger partial charge in [-0.25, -0.2) is 0 Å². The third-order valence-corrected chi connectivity index (χ3v) is 10.9. The molecule has 0 aliphatic heterocycles. The first-order chi connectivity index (χ1) is 7.16.